The fourth-order valence-corrected chi connectivity index (χ4v) is 2.15. The number of aliphatic hydroxyl groups excluding tert-OH is 1. The molecule has 0 heterocycles. The summed E-state index contributed by atoms with van der Waals surface area (Å²) in [6.45, 7) is 3.50. The molecule has 0 saturated carbocycles. The largest absolute Gasteiger partial charge is 0.469 e. The second-order valence-corrected chi connectivity index (χ2v) is 4.78. The summed E-state index contributed by atoms with van der Waals surface area (Å²) in [4.78, 5) is 11.6. The van der Waals surface area contributed by atoms with E-state index in [1.807, 2.05) is 0 Å². The molecule has 0 bridgehead atoms. The summed E-state index contributed by atoms with van der Waals surface area (Å²) in [6.07, 6.45) is -1.33. The average Bonchev–Trinajstić information content (AvgIpc) is 2.28. The van der Waals surface area contributed by atoms with Crippen molar-refractivity contribution in [2.45, 2.75) is 20.0 Å². The van der Waals surface area contributed by atoms with Gasteiger partial charge in [0, 0.05) is 10.6 Å². The molecule has 0 amide bonds. The van der Waals surface area contributed by atoms with Crippen LogP contribution in [0.1, 0.15) is 25.5 Å². The van der Waals surface area contributed by atoms with Crippen molar-refractivity contribution >= 4 is 17.6 Å². The molecular weight excluding hydrogens is 259 g/mol. The number of halogens is 2. The summed E-state index contributed by atoms with van der Waals surface area (Å²) in [5.41, 5.74) is -0.0664. The van der Waals surface area contributed by atoms with Crippen LogP contribution in [0.5, 0.6) is 0 Å². The van der Waals surface area contributed by atoms with Crippen molar-refractivity contribution in [2.24, 2.45) is 11.8 Å². The molecule has 1 aromatic carbocycles. The third-order valence-corrected chi connectivity index (χ3v) is 3.16. The number of aliphatic hydroxyl groups is 1. The van der Waals surface area contributed by atoms with E-state index in [-0.39, 0.29) is 16.5 Å². The smallest absolute Gasteiger partial charge is 0.311 e. The van der Waals surface area contributed by atoms with Gasteiger partial charge in [0.05, 0.1) is 19.1 Å². The quantitative estimate of drug-likeness (QED) is 0.859. The van der Waals surface area contributed by atoms with Gasteiger partial charge in [-0.3, -0.25) is 4.79 Å². The number of methoxy groups -OCH3 is 1. The molecule has 3 nitrogen and oxygen atoms in total. The van der Waals surface area contributed by atoms with Crippen LogP contribution >= 0.6 is 11.6 Å². The maximum absolute atomic E-state index is 13.7. The van der Waals surface area contributed by atoms with E-state index in [0.29, 0.717) is 0 Å². The first kappa shape index (κ1) is 14.9. The van der Waals surface area contributed by atoms with Crippen LogP contribution in [-0.4, -0.2) is 18.2 Å². The van der Waals surface area contributed by atoms with Crippen LogP contribution in [0, 0.1) is 17.7 Å². The van der Waals surface area contributed by atoms with Crippen molar-refractivity contribution in [1.82, 2.24) is 0 Å². The molecule has 5 heteroatoms. The number of rotatable bonds is 4. The molecule has 18 heavy (non-hydrogen) atoms. The second kappa shape index (κ2) is 6.16. The normalized spacial score (nSPS) is 14.4. The first-order valence-corrected chi connectivity index (χ1v) is 5.97. The first-order chi connectivity index (χ1) is 8.40. The van der Waals surface area contributed by atoms with Crippen molar-refractivity contribution in [3.8, 4) is 0 Å². The zero-order chi connectivity index (χ0) is 13.9. The van der Waals surface area contributed by atoms with Gasteiger partial charge in [-0.25, -0.2) is 4.39 Å². The molecule has 0 fully saturated rings. The van der Waals surface area contributed by atoms with Crippen LogP contribution < -0.4 is 0 Å². The van der Waals surface area contributed by atoms with Crippen molar-refractivity contribution in [1.29, 1.82) is 0 Å². The lowest BCUT2D eigenvalue weighted by Crippen LogP contribution is -2.29. The van der Waals surface area contributed by atoms with Gasteiger partial charge >= 0.3 is 5.97 Å². The van der Waals surface area contributed by atoms with Gasteiger partial charge in [0.25, 0.3) is 0 Å². The van der Waals surface area contributed by atoms with Crippen LogP contribution in [-0.2, 0) is 9.53 Å². The van der Waals surface area contributed by atoms with Crippen molar-refractivity contribution < 1.29 is 19.0 Å². The lowest BCUT2D eigenvalue weighted by atomic mass is 9.86. The maximum Gasteiger partial charge on any atom is 0.311 e. The van der Waals surface area contributed by atoms with E-state index in [4.69, 9.17) is 11.6 Å². The van der Waals surface area contributed by atoms with Gasteiger partial charge in [0.2, 0.25) is 0 Å². The third kappa shape index (κ3) is 3.00. The molecule has 0 radical (unpaired) electrons. The van der Waals surface area contributed by atoms with Gasteiger partial charge in [-0.15, -0.1) is 0 Å². The van der Waals surface area contributed by atoms with Crippen LogP contribution in [0.4, 0.5) is 4.39 Å². The zero-order valence-corrected chi connectivity index (χ0v) is 11.2. The maximum atomic E-state index is 13.7. The Morgan fingerprint density at radius 1 is 1.44 bits per heavy atom. The minimum absolute atomic E-state index is 0.0664. The summed E-state index contributed by atoms with van der Waals surface area (Å²) < 4.78 is 18.3. The summed E-state index contributed by atoms with van der Waals surface area (Å²) in [6, 6.07) is 4.10. The van der Waals surface area contributed by atoms with Gasteiger partial charge in [-0.2, -0.15) is 0 Å². The molecule has 0 aromatic heterocycles. The summed E-state index contributed by atoms with van der Waals surface area (Å²) >= 11 is 5.87. The fraction of sp³-hybridized carbons (Fsp3) is 0.462. The number of esters is 1. The molecule has 1 rings (SSSR count). The van der Waals surface area contributed by atoms with E-state index in [1.165, 1.54) is 25.3 Å². The molecule has 100 valence electrons. The Morgan fingerprint density at radius 2 is 2.06 bits per heavy atom. The number of carbonyl (C=O) groups is 1. The molecule has 0 aliphatic heterocycles. The highest BCUT2D eigenvalue weighted by atomic mass is 35.5. The van der Waals surface area contributed by atoms with E-state index in [2.05, 4.69) is 4.74 Å². The number of hydrogen-bond acceptors (Lipinski definition) is 3. The molecule has 1 aromatic rings. The van der Waals surface area contributed by atoms with Crippen LogP contribution in [0.15, 0.2) is 18.2 Å². The predicted octanol–water partition coefficient (Wildman–Crippen LogP) is 2.96. The van der Waals surface area contributed by atoms with Crippen molar-refractivity contribution in [3.63, 3.8) is 0 Å². The van der Waals surface area contributed by atoms with E-state index in [0.717, 1.165) is 0 Å². The van der Waals surface area contributed by atoms with E-state index >= 15 is 0 Å². The topological polar surface area (TPSA) is 46.5 Å². The SMILES string of the molecule is COC(=O)C(C(C)C)C(O)c1c(F)cccc1Cl. The lowest BCUT2D eigenvalue weighted by Gasteiger charge is -2.25. The van der Waals surface area contributed by atoms with Gasteiger partial charge in [-0.05, 0) is 18.1 Å². The number of carbonyl (C=O) groups excluding carboxylic acids is 1. The van der Waals surface area contributed by atoms with Gasteiger partial charge in [0.15, 0.2) is 0 Å². The highest BCUT2D eigenvalue weighted by molar-refractivity contribution is 6.31. The van der Waals surface area contributed by atoms with Crippen LogP contribution in [0.25, 0.3) is 0 Å². The van der Waals surface area contributed by atoms with Gasteiger partial charge in [-0.1, -0.05) is 31.5 Å². The highest BCUT2D eigenvalue weighted by Crippen LogP contribution is 2.34. The molecule has 2 atom stereocenters. The number of hydrogen-bond donors (Lipinski definition) is 1. The molecule has 2 unspecified atom stereocenters. The fourth-order valence-electron chi connectivity index (χ4n) is 1.87. The molecule has 0 saturated heterocycles. The van der Waals surface area contributed by atoms with E-state index in [9.17, 15) is 14.3 Å². The minimum Gasteiger partial charge on any atom is -0.469 e. The number of benzene rings is 1. The Kier molecular flexibility index (Phi) is 5.11. The van der Waals surface area contributed by atoms with Gasteiger partial charge < -0.3 is 9.84 Å². The average molecular weight is 275 g/mol. The standard InChI is InChI=1S/C13H16ClFO3/c1-7(2)10(13(17)18-3)12(16)11-8(14)5-4-6-9(11)15/h4-7,10,12,16H,1-3H3. The Morgan fingerprint density at radius 3 is 2.50 bits per heavy atom. The monoisotopic (exact) mass is 274 g/mol. The predicted molar refractivity (Wildman–Crippen MR) is 66.7 cm³/mol. The summed E-state index contributed by atoms with van der Waals surface area (Å²) in [7, 11) is 1.23. The van der Waals surface area contributed by atoms with Crippen molar-refractivity contribution in [3.05, 3.63) is 34.6 Å². The molecular formula is C13H16ClFO3. The van der Waals surface area contributed by atoms with Crippen LogP contribution in [0.2, 0.25) is 5.02 Å². The van der Waals surface area contributed by atoms with E-state index < -0.39 is 23.8 Å². The molecule has 0 aliphatic rings. The Bertz CT molecular complexity index is 414. The molecule has 0 aliphatic carbocycles. The molecule has 0 spiro atoms. The summed E-state index contributed by atoms with van der Waals surface area (Å²) in [5.74, 6) is -2.28. The Hall–Kier alpha value is -1.13. The highest BCUT2D eigenvalue weighted by Gasteiger charge is 2.34. The lowest BCUT2D eigenvalue weighted by molar-refractivity contribution is -0.152. The second-order valence-electron chi connectivity index (χ2n) is 4.37. The zero-order valence-electron chi connectivity index (χ0n) is 10.5. The Labute approximate surface area is 111 Å². The van der Waals surface area contributed by atoms with E-state index in [1.54, 1.807) is 13.8 Å². The van der Waals surface area contributed by atoms with Gasteiger partial charge in [0.1, 0.15) is 5.82 Å². The minimum atomic E-state index is -1.33. The number of ether oxygens (including phenoxy) is 1. The Balaban J connectivity index is 3.18. The third-order valence-electron chi connectivity index (χ3n) is 2.83. The first-order valence-electron chi connectivity index (χ1n) is 5.60. The van der Waals surface area contributed by atoms with Crippen molar-refractivity contribution in [2.75, 3.05) is 7.11 Å². The summed E-state index contributed by atoms with van der Waals surface area (Å²) in [5, 5.41) is 10.3. The molecule has 1 N–H and O–H groups in total. The van der Waals surface area contributed by atoms with Crippen LogP contribution in [0.3, 0.4) is 0 Å².